The second-order valence-electron chi connectivity index (χ2n) is 3.19. The van der Waals surface area contributed by atoms with E-state index >= 15 is 0 Å². The van der Waals surface area contributed by atoms with Gasteiger partial charge in [0.1, 0.15) is 11.4 Å². The van der Waals surface area contributed by atoms with Crippen molar-refractivity contribution in [2.45, 2.75) is 26.8 Å². The van der Waals surface area contributed by atoms with Gasteiger partial charge in [-0.25, -0.2) is 9.48 Å². The first-order valence-corrected chi connectivity index (χ1v) is 4.03. The van der Waals surface area contributed by atoms with Crippen molar-refractivity contribution in [3.63, 3.8) is 0 Å². The van der Waals surface area contributed by atoms with Crippen molar-refractivity contribution in [3.05, 3.63) is 11.3 Å². The molecule has 0 bridgehead atoms. The molecule has 1 aromatic rings. The van der Waals surface area contributed by atoms with Crippen LogP contribution in [0.3, 0.4) is 0 Å². The molecule has 0 saturated carbocycles. The number of aryl methyl sites for hydroxylation is 1. The van der Waals surface area contributed by atoms with Crippen LogP contribution in [0.1, 0.15) is 35.9 Å². The Balaban J connectivity index is 3.30. The zero-order chi connectivity index (χ0) is 10.2. The Labute approximate surface area is 76.2 Å². The van der Waals surface area contributed by atoms with Gasteiger partial charge in [-0.15, -0.1) is 0 Å². The van der Waals surface area contributed by atoms with Crippen molar-refractivity contribution in [1.82, 2.24) is 9.78 Å². The fourth-order valence-electron chi connectivity index (χ4n) is 1.22. The Morgan fingerprint density at radius 3 is 2.38 bits per heavy atom. The molecule has 0 aliphatic carbocycles. The van der Waals surface area contributed by atoms with Gasteiger partial charge in [0.15, 0.2) is 0 Å². The Morgan fingerprint density at radius 1 is 1.62 bits per heavy atom. The van der Waals surface area contributed by atoms with Crippen LogP contribution < -0.4 is 5.73 Å². The second kappa shape index (κ2) is 3.08. The SMILES string of the molecule is Cc1nn(C(C)C)c(N)c1C(=O)O. The van der Waals surface area contributed by atoms with Crippen molar-refractivity contribution in [1.29, 1.82) is 0 Å². The van der Waals surface area contributed by atoms with Gasteiger partial charge in [0, 0.05) is 6.04 Å². The number of aromatic nitrogens is 2. The second-order valence-corrected chi connectivity index (χ2v) is 3.19. The number of hydrogen-bond acceptors (Lipinski definition) is 3. The average Bonchev–Trinajstić information content (AvgIpc) is 2.26. The fourth-order valence-corrected chi connectivity index (χ4v) is 1.22. The van der Waals surface area contributed by atoms with E-state index in [1.54, 1.807) is 6.92 Å². The minimum absolute atomic E-state index is 0.0757. The van der Waals surface area contributed by atoms with Gasteiger partial charge in [-0.3, -0.25) is 0 Å². The van der Waals surface area contributed by atoms with Crippen molar-refractivity contribution >= 4 is 11.8 Å². The molecule has 1 aromatic heterocycles. The van der Waals surface area contributed by atoms with Gasteiger partial charge in [0.05, 0.1) is 5.69 Å². The largest absolute Gasteiger partial charge is 0.477 e. The number of carboxylic acids is 1. The lowest BCUT2D eigenvalue weighted by Gasteiger charge is -2.06. The van der Waals surface area contributed by atoms with Crippen LogP contribution in [0.15, 0.2) is 0 Å². The molecule has 0 aliphatic rings. The third-order valence-corrected chi connectivity index (χ3v) is 1.83. The fraction of sp³-hybridized carbons (Fsp3) is 0.500. The number of nitrogen functional groups attached to an aromatic ring is 1. The summed E-state index contributed by atoms with van der Waals surface area (Å²) in [6.07, 6.45) is 0. The van der Waals surface area contributed by atoms with Crippen LogP contribution in [0.4, 0.5) is 5.82 Å². The number of hydrogen-bond donors (Lipinski definition) is 2. The van der Waals surface area contributed by atoms with E-state index in [2.05, 4.69) is 5.10 Å². The molecule has 72 valence electrons. The minimum Gasteiger partial charge on any atom is -0.477 e. The first kappa shape index (κ1) is 9.57. The Kier molecular flexibility index (Phi) is 2.27. The molecule has 0 radical (unpaired) electrons. The van der Waals surface area contributed by atoms with E-state index < -0.39 is 5.97 Å². The van der Waals surface area contributed by atoms with Crippen molar-refractivity contribution in [2.75, 3.05) is 5.73 Å². The van der Waals surface area contributed by atoms with E-state index in [0.29, 0.717) is 5.69 Å². The standard InChI is InChI=1S/C8H13N3O2/c1-4(2)11-7(9)6(8(12)13)5(3)10-11/h4H,9H2,1-3H3,(H,12,13). The van der Waals surface area contributed by atoms with Crippen LogP contribution >= 0.6 is 0 Å². The van der Waals surface area contributed by atoms with E-state index in [1.807, 2.05) is 13.8 Å². The smallest absolute Gasteiger partial charge is 0.341 e. The molecule has 0 amide bonds. The van der Waals surface area contributed by atoms with Gasteiger partial charge < -0.3 is 10.8 Å². The predicted octanol–water partition coefficient (Wildman–Crippen LogP) is 1.05. The number of aromatic carboxylic acids is 1. The number of nitrogens with two attached hydrogens (primary N) is 1. The maximum Gasteiger partial charge on any atom is 0.341 e. The van der Waals surface area contributed by atoms with Gasteiger partial charge in [0.2, 0.25) is 0 Å². The third kappa shape index (κ3) is 1.49. The first-order valence-electron chi connectivity index (χ1n) is 4.03. The highest BCUT2D eigenvalue weighted by Crippen LogP contribution is 2.19. The molecule has 0 fully saturated rings. The number of carboxylic acid groups (broad SMARTS) is 1. The van der Waals surface area contributed by atoms with Crippen LogP contribution in [0.2, 0.25) is 0 Å². The Morgan fingerprint density at radius 2 is 2.15 bits per heavy atom. The number of anilines is 1. The Hall–Kier alpha value is -1.52. The number of nitrogens with zero attached hydrogens (tertiary/aromatic N) is 2. The molecule has 0 aliphatic heterocycles. The van der Waals surface area contributed by atoms with Gasteiger partial charge in [0.25, 0.3) is 0 Å². The van der Waals surface area contributed by atoms with Crippen LogP contribution in [0, 0.1) is 6.92 Å². The molecular weight excluding hydrogens is 170 g/mol. The summed E-state index contributed by atoms with van der Waals surface area (Å²) in [5.41, 5.74) is 6.19. The molecule has 1 rings (SSSR count). The lowest BCUT2D eigenvalue weighted by molar-refractivity contribution is 0.0697. The lowest BCUT2D eigenvalue weighted by atomic mass is 10.2. The van der Waals surface area contributed by atoms with Gasteiger partial charge >= 0.3 is 5.97 Å². The summed E-state index contributed by atoms with van der Waals surface area (Å²) in [5.74, 6) is -0.804. The zero-order valence-corrected chi connectivity index (χ0v) is 7.90. The van der Waals surface area contributed by atoms with Gasteiger partial charge in [-0.2, -0.15) is 5.10 Å². The zero-order valence-electron chi connectivity index (χ0n) is 7.90. The van der Waals surface area contributed by atoms with Crippen LogP contribution in [-0.2, 0) is 0 Å². The molecule has 0 saturated heterocycles. The van der Waals surface area contributed by atoms with Crippen LogP contribution in [0.25, 0.3) is 0 Å². The summed E-state index contributed by atoms with van der Waals surface area (Å²) in [7, 11) is 0. The molecule has 5 heteroatoms. The molecule has 5 nitrogen and oxygen atoms in total. The monoisotopic (exact) mass is 183 g/mol. The average molecular weight is 183 g/mol. The van der Waals surface area contributed by atoms with Crippen molar-refractivity contribution < 1.29 is 9.90 Å². The van der Waals surface area contributed by atoms with Crippen LogP contribution in [0.5, 0.6) is 0 Å². The normalized spacial score (nSPS) is 10.8. The van der Waals surface area contributed by atoms with Crippen LogP contribution in [-0.4, -0.2) is 20.9 Å². The molecule has 0 spiro atoms. The molecule has 0 aromatic carbocycles. The predicted molar refractivity (Wildman–Crippen MR) is 48.7 cm³/mol. The third-order valence-electron chi connectivity index (χ3n) is 1.83. The maximum atomic E-state index is 10.7. The van der Waals surface area contributed by atoms with Gasteiger partial charge in [-0.1, -0.05) is 0 Å². The van der Waals surface area contributed by atoms with E-state index in [4.69, 9.17) is 10.8 Å². The van der Waals surface area contributed by atoms with E-state index in [1.165, 1.54) is 4.68 Å². The molecule has 3 N–H and O–H groups in total. The van der Waals surface area contributed by atoms with Crippen molar-refractivity contribution in [3.8, 4) is 0 Å². The summed E-state index contributed by atoms with van der Waals surface area (Å²) in [4.78, 5) is 10.7. The summed E-state index contributed by atoms with van der Waals surface area (Å²) < 4.78 is 1.51. The highest BCUT2D eigenvalue weighted by Gasteiger charge is 2.19. The van der Waals surface area contributed by atoms with E-state index in [0.717, 1.165) is 0 Å². The van der Waals surface area contributed by atoms with E-state index in [9.17, 15) is 4.79 Å². The van der Waals surface area contributed by atoms with Crippen molar-refractivity contribution in [2.24, 2.45) is 0 Å². The highest BCUT2D eigenvalue weighted by molar-refractivity contribution is 5.94. The molecule has 13 heavy (non-hydrogen) atoms. The van der Waals surface area contributed by atoms with Gasteiger partial charge in [-0.05, 0) is 20.8 Å². The summed E-state index contributed by atoms with van der Waals surface area (Å²) >= 11 is 0. The quantitative estimate of drug-likeness (QED) is 0.718. The summed E-state index contributed by atoms with van der Waals surface area (Å²) in [6.45, 7) is 5.43. The number of carbonyl (C=O) groups is 1. The molecular formula is C8H13N3O2. The topological polar surface area (TPSA) is 81.1 Å². The molecule has 1 heterocycles. The Bertz CT molecular complexity index is 341. The first-order chi connectivity index (χ1) is 5.95. The summed E-state index contributed by atoms with van der Waals surface area (Å²) in [5, 5.41) is 12.9. The number of rotatable bonds is 2. The minimum atomic E-state index is -1.03. The maximum absolute atomic E-state index is 10.7. The summed E-state index contributed by atoms with van der Waals surface area (Å²) in [6, 6.07) is 0.0757. The van der Waals surface area contributed by atoms with E-state index in [-0.39, 0.29) is 17.4 Å². The molecule has 0 unspecified atom stereocenters. The molecule has 0 atom stereocenters. The highest BCUT2D eigenvalue weighted by atomic mass is 16.4. The lowest BCUT2D eigenvalue weighted by Crippen LogP contribution is -2.09.